The molecule has 0 heterocycles. The van der Waals surface area contributed by atoms with Crippen LogP contribution in [0.25, 0.3) is 0 Å². The summed E-state index contributed by atoms with van der Waals surface area (Å²) in [5, 5.41) is 0. The van der Waals surface area contributed by atoms with Crippen molar-refractivity contribution in [2.24, 2.45) is 0 Å². The van der Waals surface area contributed by atoms with E-state index in [0.717, 1.165) is 89.9 Å². The van der Waals surface area contributed by atoms with Gasteiger partial charge in [-0.1, -0.05) is 191 Å². The molecule has 324 valence electrons. The van der Waals surface area contributed by atoms with E-state index in [1.807, 2.05) is 0 Å². The third kappa shape index (κ3) is 44.3. The maximum Gasteiger partial charge on any atom is 0.306 e. The zero-order valence-corrected chi connectivity index (χ0v) is 37.1. The summed E-state index contributed by atoms with van der Waals surface area (Å²) in [5.41, 5.74) is 0. The summed E-state index contributed by atoms with van der Waals surface area (Å²) >= 11 is 0. The maximum atomic E-state index is 12.6. The van der Waals surface area contributed by atoms with Gasteiger partial charge >= 0.3 is 11.9 Å². The molecule has 0 aromatic heterocycles. The summed E-state index contributed by atoms with van der Waals surface area (Å²) < 4.78 is 17.2. The quantitative estimate of drug-likeness (QED) is 0.0350. The third-order valence-electron chi connectivity index (χ3n) is 10.0. The Morgan fingerprint density at radius 2 is 0.804 bits per heavy atom. The fourth-order valence-corrected chi connectivity index (χ4v) is 6.49. The number of rotatable bonds is 43. The van der Waals surface area contributed by atoms with Crippen LogP contribution in [0.2, 0.25) is 0 Å². The number of esters is 2. The highest BCUT2D eigenvalue weighted by Gasteiger charge is 2.17. The lowest BCUT2D eigenvalue weighted by Crippen LogP contribution is -2.30. The first-order valence-electron chi connectivity index (χ1n) is 23.8. The van der Waals surface area contributed by atoms with Crippen molar-refractivity contribution < 1.29 is 23.8 Å². The van der Waals surface area contributed by atoms with Crippen LogP contribution in [0.4, 0.5) is 0 Å². The standard InChI is InChI=1S/C51H90O5/c1-4-7-10-13-15-17-19-21-23-25-27-29-31-33-35-37-40-43-46-54-47-49(56-51(53)45-42-38-12-9-6-3)48-55-50(52)44-41-39-36-34-32-30-28-26-24-22-20-18-16-14-11-8-5-2/h8,11,16,18,21-24,28,30,49H,4-7,9-10,12-15,17,19-20,25-27,29,31-48H2,1-3H3/b11-8-,18-16-,23-21-,24-22-,30-28-. The minimum Gasteiger partial charge on any atom is -0.462 e. The Hall–Kier alpha value is -2.40. The molecule has 0 saturated heterocycles. The van der Waals surface area contributed by atoms with Crippen molar-refractivity contribution in [3.8, 4) is 0 Å². The van der Waals surface area contributed by atoms with Crippen LogP contribution in [-0.2, 0) is 23.8 Å². The lowest BCUT2D eigenvalue weighted by Gasteiger charge is -2.18. The number of unbranched alkanes of at least 4 members (excludes halogenated alkanes) is 22. The van der Waals surface area contributed by atoms with Crippen molar-refractivity contribution in [3.63, 3.8) is 0 Å². The van der Waals surface area contributed by atoms with Gasteiger partial charge in [0.2, 0.25) is 0 Å². The number of hydrogen-bond donors (Lipinski definition) is 0. The zero-order valence-electron chi connectivity index (χ0n) is 37.1. The molecule has 0 radical (unpaired) electrons. The molecule has 0 aromatic rings. The molecule has 0 N–H and O–H groups in total. The number of allylic oxidation sites excluding steroid dienone is 10. The highest BCUT2D eigenvalue weighted by Crippen LogP contribution is 2.13. The van der Waals surface area contributed by atoms with E-state index < -0.39 is 6.10 Å². The van der Waals surface area contributed by atoms with Gasteiger partial charge in [0.05, 0.1) is 6.61 Å². The first-order chi connectivity index (χ1) is 27.6. The van der Waals surface area contributed by atoms with Gasteiger partial charge in [0.1, 0.15) is 6.61 Å². The van der Waals surface area contributed by atoms with Crippen LogP contribution in [0.15, 0.2) is 60.8 Å². The lowest BCUT2D eigenvalue weighted by atomic mass is 10.1. The van der Waals surface area contributed by atoms with Gasteiger partial charge in [-0.3, -0.25) is 9.59 Å². The molecule has 1 atom stereocenters. The largest absolute Gasteiger partial charge is 0.462 e. The van der Waals surface area contributed by atoms with Gasteiger partial charge < -0.3 is 14.2 Å². The molecule has 0 fully saturated rings. The molecule has 0 rings (SSSR count). The highest BCUT2D eigenvalue weighted by atomic mass is 16.6. The molecule has 0 aromatic carbocycles. The van der Waals surface area contributed by atoms with Crippen LogP contribution in [0.1, 0.15) is 226 Å². The summed E-state index contributed by atoms with van der Waals surface area (Å²) in [6.07, 6.45) is 58.2. The average Bonchev–Trinajstić information content (AvgIpc) is 3.20. The predicted octanol–water partition coefficient (Wildman–Crippen LogP) is 15.8. The Morgan fingerprint density at radius 1 is 0.411 bits per heavy atom. The Bertz CT molecular complexity index is 977. The average molecular weight is 783 g/mol. The van der Waals surface area contributed by atoms with Gasteiger partial charge in [-0.15, -0.1) is 0 Å². The molecule has 56 heavy (non-hydrogen) atoms. The Kier molecular flexibility index (Phi) is 45.0. The van der Waals surface area contributed by atoms with Gasteiger partial charge in [-0.2, -0.15) is 0 Å². The van der Waals surface area contributed by atoms with E-state index in [1.54, 1.807) is 0 Å². The second-order valence-corrected chi connectivity index (χ2v) is 15.6. The highest BCUT2D eigenvalue weighted by molar-refractivity contribution is 5.70. The van der Waals surface area contributed by atoms with Crippen LogP contribution < -0.4 is 0 Å². The maximum absolute atomic E-state index is 12.6. The van der Waals surface area contributed by atoms with Gasteiger partial charge in [0.25, 0.3) is 0 Å². The number of carbonyl (C=O) groups is 2. The first-order valence-corrected chi connectivity index (χ1v) is 23.8. The van der Waals surface area contributed by atoms with E-state index in [2.05, 4.69) is 81.5 Å². The fourth-order valence-electron chi connectivity index (χ4n) is 6.49. The first kappa shape index (κ1) is 53.6. The van der Waals surface area contributed by atoms with Gasteiger partial charge in [0, 0.05) is 19.4 Å². The summed E-state index contributed by atoms with van der Waals surface area (Å²) in [6, 6.07) is 0. The Balaban J connectivity index is 4.08. The molecular weight excluding hydrogens is 693 g/mol. The fraction of sp³-hybridized carbons (Fsp3) is 0.765. The summed E-state index contributed by atoms with van der Waals surface area (Å²) in [5.74, 6) is -0.437. The minimum atomic E-state index is -0.543. The van der Waals surface area contributed by atoms with Crippen LogP contribution in [0.5, 0.6) is 0 Å². The van der Waals surface area contributed by atoms with E-state index in [9.17, 15) is 9.59 Å². The van der Waals surface area contributed by atoms with Crippen molar-refractivity contribution >= 4 is 11.9 Å². The molecule has 0 aliphatic heterocycles. The van der Waals surface area contributed by atoms with Gasteiger partial charge in [-0.25, -0.2) is 0 Å². The Labute approximate surface area is 347 Å². The van der Waals surface area contributed by atoms with Gasteiger partial charge in [0.15, 0.2) is 6.10 Å². The van der Waals surface area contributed by atoms with E-state index in [4.69, 9.17) is 14.2 Å². The second kappa shape index (κ2) is 47.0. The van der Waals surface area contributed by atoms with Crippen molar-refractivity contribution in [1.82, 2.24) is 0 Å². The molecule has 5 heteroatoms. The predicted molar refractivity (Wildman–Crippen MR) is 242 cm³/mol. The monoisotopic (exact) mass is 783 g/mol. The Morgan fingerprint density at radius 3 is 1.30 bits per heavy atom. The topological polar surface area (TPSA) is 61.8 Å². The zero-order chi connectivity index (χ0) is 40.7. The van der Waals surface area contributed by atoms with E-state index >= 15 is 0 Å². The van der Waals surface area contributed by atoms with Gasteiger partial charge in [-0.05, 0) is 83.5 Å². The van der Waals surface area contributed by atoms with Crippen molar-refractivity contribution in [2.45, 2.75) is 232 Å². The van der Waals surface area contributed by atoms with Crippen molar-refractivity contribution in [3.05, 3.63) is 60.8 Å². The lowest BCUT2D eigenvalue weighted by molar-refractivity contribution is -0.163. The molecule has 0 saturated carbocycles. The molecule has 0 aliphatic rings. The normalized spacial score (nSPS) is 12.7. The molecule has 5 nitrogen and oxygen atoms in total. The van der Waals surface area contributed by atoms with Crippen molar-refractivity contribution in [1.29, 1.82) is 0 Å². The van der Waals surface area contributed by atoms with E-state index in [0.29, 0.717) is 19.4 Å². The van der Waals surface area contributed by atoms with Crippen LogP contribution in [-0.4, -0.2) is 37.9 Å². The smallest absolute Gasteiger partial charge is 0.306 e. The number of hydrogen-bond acceptors (Lipinski definition) is 5. The minimum absolute atomic E-state index is 0.0706. The molecule has 1 unspecified atom stereocenters. The summed E-state index contributed by atoms with van der Waals surface area (Å²) in [7, 11) is 0. The SMILES string of the molecule is CC/C=C\C/C=C\C/C=C\C/C=C\CCCCCCC(=O)OCC(COCCCCCCCCCC/C=C\CCCCCCCC)OC(=O)CCCCCCC. The van der Waals surface area contributed by atoms with Crippen LogP contribution >= 0.6 is 0 Å². The van der Waals surface area contributed by atoms with Crippen molar-refractivity contribution in [2.75, 3.05) is 19.8 Å². The number of carbonyl (C=O) groups excluding carboxylic acids is 2. The van der Waals surface area contributed by atoms with Crippen LogP contribution in [0.3, 0.4) is 0 Å². The molecular formula is C51H90O5. The molecule has 0 spiro atoms. The molecule has 0 aliphatic carbocycles. The van der Waals surface area contributed by atoms with E-state index in [1.165, 1.54) is 103 Å². The third-order valence-corrected chi connectivity index (χ3v) is 10.0. The second-order valence-electron chi connectivity index (χ2n) is 15.6. The van der Waals surface area contributed by atoms with Crippen LogP contribution in [0, 0.1) is 0 Å². The van der Waals surface area contributed by atoms with E-state index in [-0.39, 0.29) is 25.2 Å². The number of ether oxygens (including phenoxy) is 3. The molecule has 0 amide bonds. The summed E-state index contributed by atoms with van der Waals surface area (Å²) in [4.78, 5) is 25.0. The molecule has 0 bridgehead atoms. The summed E-state index contributed by atoms with van der Waals surface area (Å²) in [6.45, 7) is 7.61.